The molecular formula is C15H18N2OS. The summed E-state index contributed by atoms with van der Waals surface area (Å²) in [5, 5.41) is 5.01. The van der Waals surface area contributed by atoms with Crippen LogP contribution in [0, 0.1) is 0 Å². The van der Waals surface area contributed by atoms with Gasteiger partial charge in [-0.05, 0) is 42.3 Å². The minimum Gasteiger partial charge on any atom is -0.352 e. The first-order valence-corrected chi connectivity index (χ1v) is 7.40. The van der Waals surface area contributed by atoms with Crippen molar-refractivity contribution < 1.29 is 4.79 Å². The third-order valence-electron chi connectivity index (χ3n) is 2.87. The number of nitrogens with zero attached hydrogens (tertiary/aromatic N) is 1. The Balaban J connectivity index is 1.57. The Morgan fingerprint density at radius 3 is 2.95 bits per heavy atom. The molecular weight excluding hydrogens is 256 g/mol. The average Bonchev–Trinajstić information content (AvgIpc) is 2.96. The van der Waals surface area contributed by atoms with Crippen molar-refractivity contribution in [2.24, 2.45) is 0 Å². The fraction of sp³-hybridized carbons (Fsp3) is 0.333. The summed E-state index contributed by atoms with van der Waals surface area (Å²) in [5.74, 6) is 0.120. The molecule has 0 fully saturated rings. The van der Waals surface area contributed by atoms with Gasteiger partial charge in [-0.25, -0.2) is 0 Å². The third kappa shape index (κ3) is 5.22. The Morgan fingerprint density at radius 1 is 1.26 bits per heavy atom. The number of carbonyl (C=O) groups excluding carboxylic acids is 1. The van der Waals surface area contributed by atoms with E-state index in [1.165, 1.54) is 4.88 Å². The summed E-state index contributed by atoms with van der Waals surface area (Å²) in [6.45, 7) is 0.567. The SMILES string of the molecule is O=C(CCCCc1cccs1)NCc1cccnc1. The van der Waals surface area contributed by atoms with Crippen LogP contribution in [0.25, 0.3) is 0 Å². The molecule has 0 bridgehead atoms. The van der Waals surface area contributed by atoms with Crippen molar-refractivity contribution in [3.63, 3.8) is 0 Å². The van der Waals surface area contributed by atoms with Crippen LogP contribution in [0.15, 0.2) is 42.0 Å². The summed E-state index contributed by atoms with van der Waals surface area (Å²) >= 11 is 1.78. The number of carbonyl (C=O) groups is 1. The van der Waals surface area contributed by atoms with Gasteiger partial charge >= 0.3 is 0 Å². The maximum atomic E-state index is 11.6. The highest BCUT2D eigenvalue weighted by molar-refractivity contribution is 7.09. The van der Waals surface area contributed by atoms with Crippen LogP contribution in [0.1, 0.15) is 29.7 Å². The minimum absolute atomic E-state index is 0.120. The fourth-order valence-electron chi connectivity index (χ4n) is 1.83. The van der Waals surface area contributed by atoms with Crippen molar-refractivity contribution >= 4 is 17.2 Å². The first kappa shape index (κ1) is 13.7. The second-order valence-corrected chi connectivity index (χ2v) is 5.46. The van der Waals surface area contributed by atoms with E-state index < -0.39 is 0 Å². The summed E-state index contributed by atoms with van der Waals surface area (Å²) in [4.78, 5) is 17.1. The van der Waals surface area contributed by atoms with Crippen molar-refractivity contribution in [2.75, 3.05) is 0 Å². The molecule has 2 rings (SSSR count). The Bertz CT molecular complexity index is 482. The molecule has 4 heteroatoms. The van der Waals surface area contributed by atoms with Gasteiger partial charge in [0.15, 0.2) is 0 Å². The Kier molecular flexibility index (Phi) is 5.56. The number of pyridine rings is 1. The smallest absolute Gasteiger partial charge is 0.220 e. The normalized spacial score (nSPS) is 10.3. The van der Waals surface area contributed by atoms with Crippen LogP contribution in [0.3, 0.4) is 0 Å². The zero-order valence-corrected chi connectivity index (χ0v) is 11.7. The van der Waals surface area contributed by atoms with Crippen LogP contribution in [-0.4, -0.2) is 10.9 Å². The van der Waals surface area contributed by atoms with Gasteiger partial charge in [-0.2, -0.15) is 0 Å². The topological polar surface area (TPSA) is 42.0 Å². The second-order valence-electron chi connectivity index (χ2n) is 4.42. The zero-order valence-electron chi connectivity index (χ0n) is 10.8. The molecule has 0 saturated heterocycles. The largest absolute Gasteiger partial charge is 0.352 e. The maximum Gasteiger partial charge on any atom is 0.220 e. The fourth-order valence-corrected chi connectivity index (χ4v) is 2.58. The molecule has 3 nitrogen and oxygen atoms in total. The quantitative estimate of drug-likeness (QED) is 0.788. The first-order valence-electron chi connectivity index (χ1n) is 6.52. The molecule has 2 aromatic rings. The molecule has 100 valence electrons. The number of hydrogen-bond acceptors (Lipinski definition) is 3. The van der Waals surface area contributed by atoms with Gasteiger partial charge in [0, 0.05) is 30.2 Å². The summed E-state index contributed by atoms with van der Waals surface area (Å²) in [5.41, 5.74) is 1.04. The standard InChI is InChI=1S/C15H18N2OS/c18-15(17-12-13-5-3-9-16-11-13)8-2-1-6-14-7-4-10-19-14/h3-5,7,9-11H,1-2,6,8,12H2,(H,17,18). The van der Waals surface area contributed by atoms with Gasteiger partial charge in [0.25, 0.3) is 0 Å². The minimum atomic E-state index is 0.120. The number of nitrogens with one attached hydrogen (secondary N) is 1. The Hall–Kier alpha value is -1.68. The third-order valence-corrected chi connectivity index (χ3v) is 3.81. The molecule has 0 unspecified atom stereocenters. The van der Waals surface area contributed by atoms with E-state index in [0.717, 1.165) is 24.8 Å². The summed E-state index contributed by atoms with van der Waals surface area (Å²) in [6, 6.07) is 8.06. The highest BCUT2D eigenvalue weighted by atomic mass is 32.1. The van der Waals surface area contributed by atoms with Gasteiger partial charge in [0.1, 0.15) is 0 Å². The van der Waals surface area contributed by atoms with Crippen LogP contribution >= 0.6 is 11.3 Å². The lowest BCUT2D eigenvalue weighted by Gasteiger charge is -2.04. The van der Waals surface area contributed by atoms with Crippen LogP contribution in [0.5, 0.6) is 0 Å². The monoisotopic (exact) mass is 274 g/mol. The number of unbranched alkanes of at least 4 members (excludes halogenated alkanes) is 1. The van der Waals surface area contributed by atoms with Gasteiger partial charge in [-0.3, -0.25) is 9.78 Å². The van der Waals surface area contributed by atoms with Crippen molar-refractivity contribution in [3.8, 4) is 0 Å². The lowest BCUT2D eigenvalue weighted by Crippen LogP contribution is -2.22. The van der Waals surface area contributed by atoms with E-state index in [4.69, 9.17) is 0 Å². The van der Waals surface area contributed by atoms with E-state index >= 15 is 0 Å². The molecule has 1 N–H and O–H groups in total. The molecule has 0 spiro atoms. The highest BCUT2D eigenvalue weighted by Gasteiger charge is 2.02. The number of aromatic nitrogens is 1. The average molecular weight is 274 g/mol. The first-order chi connectivity index (χ1) is 9.34. The van der Waals surface area contributed by atoms with E-state index in [0.29, 0.717) is 13.0 Å². The zero-order chi connectivity index (χ0) is 13.3. The van der Waals surface area contributed by atoms with Crippen LogP contribution < -0.4 is 5.32 Å². The van der Waals surface area contributed by atoms with Gasteiger partial charge in [-0.1, -0.05) is 12.1 Å². The molecule has 2 heterocycles. The van der Waals surface area contributed by atoms with Crippen LogP contribution in [0.4, 0.5) is 0 Å². The molecule has 0 radical (unpaired) electrons. The lowest BCUT2D eigenvalue weighted by molar-refractivity contribution is -0.121. The predicted octanol–water partition coefficient (Wildman–Crippen LogP) is 3.17. The maximum absolute atomic E-state index is 11.6. The number of rotatable bonds is 7. The van der Waals surface area contributed by atoms with Crippen molar-refractivity contribution in [1.29, 1.82) is 0 Å². The van der Waals surface area contributed by atoms with Gasteiger partial charge in [-0.15, -0.1) is 11.3 Å². The van der Waals surface area contributed by atoms with Crippen molar-refractivity contribution in [2.45, 2.75) is 32.2 Å². The molecule has 0 aliphatic rings. The van der Waals surface area contributed by atoms with Gasteiger partial charge in [0.2, 0.25) is 5.91 Å². The highest BCUT2D eigenvalue weighted by Crippen LogP contribution is 2.12. The summed E-state index contributed by atoms with van der Waals surface area (Å²) < 4.78 is 0. The van der Waals surface area contributed by atoms with E-state index in [1.54, 1.807) is 23.7 Å². The molecule has 1 amide bonds. The molecule has 0 atom stereocenters. The molecule has 19 heavy (non-hydrogen) atoms. The van der Waals surface area contributed by atoms with Crippen molar-refractivity contribution in [3.05, 3.63) is 52.5 Å². The van der Waals surface area contributed by atoms with E-state index in [-0.39, 0.29) is 5.91 Å². The Morgan fingerprint density at radius 2 is 2.21 bits per heavy atom. The van der Waals surface area contributed by atoms with Crippen molar-refractivity contribution in [1.82, 2.24) is 10.3 Å². The number of thiophene rings is 1. The molecule has 0 aliphatic carbocycles. The van der Waals surface area contributed by atoms with Gasteiger partial charge in [0.05, 0.1) is 0 Å². The predicted molar refractivity (Wildman–Crippen MR) is 78.0 cm³/mol. The molecule has 0 aliphatic heterocycles. The van der Waals surface area contributed by atoms with Gasteiger partial charge < -0.3 is 5.32 Å². The summed E-state index contributed by atoms with van der Waals surface area (Å²) in [6.07, 6.45) is 7.20. The number of amides is 1. The molecule has 0 saturated carbocycles. The van der Waals surface area contributed by atoms with Crippen LogP contribution in [-0.2, 0) is 17.8 Å². The second kappa shape index (κ2) is 7.69. The number of hydrogen-bond donors (Lipinski definition) is 1. The lowest BCUT2D eigenvalue weighted by atomic mass is 10.1. The molecule has 2 aromatic heterocycles. The van der Waals surface area contributed by atoms with Crippen LogP contribution in [0.2, 0.25) is 0 Å². The van der Waals surface area contributed by atoms with E-state index in [9.17, 15) is 4.79 Å². The molecule has 0 aromatic carbocycles. The Labute approximate surface area is 117 Å². The number of aryl methyl sites for hydroxylation is 1. The van der Waals surface area contributed by atoms with E-state index in [1.807, 2.05) is 12.1 Å². The summed E-state index contributed by atoms with van der Waals surface area (Å²) in [7, 11) is 0. The van der Waals surface area contributed by atoms with E-state index in [2.05, 4.69) is 27.8 Å².